The highest BCUT2D eigenvalue weighted by molar-refractivity contribution is 9.11. The predicted molar refractivity (Wildman–Crippen MR) is 43.8 cm³/mol. The van der Waals surface area contributed by atoms with Gasteiger partial charge < -0.3 is 4.90 Å². The van der Waals surface area contributed by atoms with Crippen molar-refractivity contribution in [1.29, 1.82) is 0 Å². The van der Waals surface area contributed by atoms with Gasteiger partial charge in [-0.25, -0.2) is 0 Å². The third-order valence-corrected chi connectivity index (χ3v) is 1.88. The minimum absolute atomic E-state index is 0.486. The first kappa shape index (κ1) is 9.64. The molecule has 1 aliphatic heterocycles. The van der Waals surface area contributed by atoms with E-state index in [1.165, 1.54) is 4.90 Å². The molecule has 1 heterocycles. The van der Waals surface area contributed by atoms with Crippen LogP contribution < -0.4 is 0 Å². The second kappa shape index (κ2) is 3.12. The highest BCUT2D eigenvalue weighted by Crippen LogP contribution is 2.31. The molecule has 1 rings (SSSR count). The lowest BCUT2D eigenvalue weighted by Crippen LogP contribution is -2.22. The number of halogens is 4. The third-order valence-electron chi connectivity index (χ3n) is 1.40. The van der Waals surface area contributed by atoms with E-state index in [-0.39, 0.29) is 0 Å². The molecular formula is C7H7BrF3N. The number of hydrogen-bond donors (Lipinski definition) is 0. The van der Waals surface area contributed by atoms with E-state index < -0.39 is 11.7 Å². The molecule has 0 unspecified atom stereocenters. The van der Waals surface area contributed by atoms with E-state index in [4.69, 9.17) is 0 Å². The average molecular weight is 242 g/mol. The fraction of sp³-hybridized carbons (Fsp3) is 0.429. The van der Waals surface area contributed by atoms with Gasteiger partial charge in [0.15, 0.2) is 0 Å². The molecule has 0 saturated heterocycles. The Labute approximate surface area is 76.7 Å². The van der Waals surface area contributed by atoms with Crippen molar-refractivity contribution in [3.05, 3.63) is 22.3 Å². The van der Waals surface area contributed by atoms with Crippen LogP contribution >= 0.6 is 15.9 Å². The Hall–Kier alpha value is -0.450. The Morgan fingerprint density at radius 2 is 2.08 bits per heavy atom. The molecule has 0 N–H and O–H groups in total. The summed E-state index contributed by atoms with van der Waals surface area (Å²) < 4.78 is 36.9. The van der Waals surface area contributed by atoms with E-state index in [9.17, 15) is 13.2 Å². The van der Waals surface area contributed by atoms with Gasteiger partial charge in [0.05, 0.1) is 5.57 Å². The van der Waals surface area contributed by atoms with Gasteiger partial charge in [-0.2, -0.15) is 13.2 Å². The molecule has 0 aromatic carbocycles. The molecule has 0 atom stereocenters. The van der Waals surface area contributed by atoms with Crippen molar-refractivity contribution < 1.29 is 13.2 Å². The molecule has 0 spiro atoms. The van der Waals surface area contributed by atoms with Crippen LogP contribution in [0.2, 0.25) is 0 Å². The molecule has 1 nitrogen and oxygen atoms in total. The van der Waals surface area contributed by atoms with Gasteiger partial charge in [-0.3, -0.25) is 0 Å². The van der Waals surface area contributed by atoms with Crippen molar-refractivity contribution in [2.24, 2.45) is 0 Å². The number of rotatable bonds is 0. The first-order valence-corrected chi connectivity index (χ1v) is 4.04. The Morgan fingerprint density at radius 1 is 1.50 bits per heavy atom. The zero-order valence-electron chi connectivity index (χ0n) is 6.32. The van der Waals surface area contributed by atoms with E-state index in [1.54, 1.807) is 7.05 Å². The van der Waals surface area contributed by atoms with E-state index in [2.05, 4.69) is 15.9 Å². The SMILES string of the molecule is CN1C=C(C(F)(F)F)C=C(Br)C1. The van der Waals surface area contributed by atoms with Gasteiger partial charge in [-0.05, 0) is 6.08 Å². The van der Waals surface area contributed by atoms with E-state index in [0.717, 1.165) is 12.3 Å². The third kappa shape index (κ3) is 2.27. The monoisotopic (exact) mass is 241 g/mol. The number of hydrogen-bond acceptors (Lipinski definition) is 1. The summed E-state index contributed by atoms with van der Waals surface area (Å²) in [6, 6.07) is 0. The van der Waals surface area contributed by atoms with Gasteiger partial charge in [-0.1, -0.05) is 15.9 Å². The van der Waals surface area contributed by atoms with Gasteiger partial charge >= 0.3 is 6.18 Å². The summed E-state index contributed by atoms with van der Waals surface area (Å²) in [7, 11) is 1.60. The van der Waals surface area contributed by atoms with Gasteiger partial charge in [0, 0.05) is 24.3 Å². The fourth-order valence-corrected chi connectivity index (χ4v) is 1.57. The second-order valence-corrected chi connectivity index (χ2v) is 3.61. The summed E-state index contributed by atoms with van der Waals surface area (Å²) >= 11 is 3.04. The maximum Gasteiger partial charge on any atom is 0.417 e. The quantitative estimate of drug-likeness (QED) is 0.631. The molecule has 0 radical (unpaired) electrons. The number of nitrogens with zero attached hydrogens (tertiary/aromatic N) is 1. The highest BCUT2D eigenvalue weighted by atomic mass is 79.9. The van der Waals surface area contributed by atoms with Crippen LogP contribution in [-0.2, 0) is 0 Å². The molecule has 0 bridgehead atoms. The minimum Gasteiger partial charge on any atom is -0.375 e. The molecule has 0 fully saturated rings. The summed E-state index contributed by atoms with van der Waals surface area (Å²) in [6.07, 6.45) is -2.07. The number of likely N-dealkylation sites (N-methyl/N-ethyl adjacent to an activating group) is 1. The lowest BCUT2D eigenvalue weighted by Gasteiger charge is -2.21. The predicted octanol–water partition coefficient (Wildman–Crippen LogP) is 2.66. The number of allylic oxidation sites excluding steroid dienone is 2. The molecule has 68 valence electrons. The van der Waals surface area contributed by atoms with Crippen LogP contribution in [0.25, 0.3) is 0 Å². The summed E-state index contributed by atoms with van der Waals surface area (Å²) in [4.78, 5) is 1.48. The maximum absolute atomic E-state index is 12.1. The maximum atomic E-state index is 12.1. The smallest absolute Gasteiger partial charge is 0.375 e. The van der Waals surface area contributed by atoms with Crippen LogP contribution in [0.4, 0.5) is 13.2 Å². The topological polar surface area (TPSA) is 3.24 Å². The van der Waals surface area contributed by atoms with E-state index in [0.29, 0.717) is 11.0 Å². The molecule has 0 saturated carbocycles. The molecular weight excluding hydrogens is 235 g/mol. The van der Waals surface area contributed by atoms with E-state index >= 15 is 0 Å². The van der Waals surface area contributed by atoms with Crippen LogP contribution in [-0.4, -0.2) is 24.7 Å². The second-order valence-electron chi connectivity index (χ2n) is 2.59. The zero-order valence-corrected chi connectivity index (χ0v) is 7.91. The Morgan fingerprint density at radius 3 is 2.50 bits per heavy atom. The van der Waals surface area contributed by atoms with Gasteiger partial charge in [0.2, 0.25) is 0 Å². The molecule has 0 aromatic rings. The number of alkyl halides is 3. The van der Waals surface area contributed by atoms with Crippen molar-refractivity contribution in [1.82, 2.24) is 4.90 Å². The van der Waals surface area contributed by atoms with Crippen molar-refractivity contribution in [3.63, 3.8) is 0 Å². The molecule has 0 aromatic heterocycles. The largest absolute Gasteiger partial charge is 0.417 e. The van der Waals surface area contributed by atoms with Gasteiger partial charge in [0.25, 0.3) is 0 Å². The first-order valence-electron chi connectivity index (χ1n) is 3.25. The molecule has 12 heavy (non-hydrogen) atoms. The highest BCUT2D eigenvalue weighted by Gasteiger charge is 2.33. The summed E-state index contributed by atoms with van der Waals surface area (Å²) in [5.41, 5.74) is -0.622. The Balaban J connectivity index is 2.91. The summed E-state index contributed by atoms with van der Waals surface area (Å²) in [6.45, 7) is 0.486. The van der Waals surface area contributed by atoms with Crippen molar-refractivity contribution in [2.75, 3.05) is 13.6 Å². The van der Waals surface area contributed by atoms with Gasteiger partial charge in [-0.15, -0.1) is 0 Å². The Kier molecular flexibility index (Phi) is 2.51. The van der Waals surface area contributed by atoms with Crippen LogP contribution in [0.5, 0.6) is 0 Å². The van der Waals surface area contributed by atoms with E-state index in [1.807, 2.05) is 0 Å². The van der Waals surface area contributed by atoms with Crippen molar-refractivity contribution in [2.45, 2.75) is 6.18 Å². The average Bonchev–Trinajstić information content (AvgIpc) is 1.82. The van der Waals surface area contributed by atoms with Crippen LogP contribution in [0.1, 0.15) is 0 Å². The lowest BCUT2D eigenvalue weighted by atomic mass is 10.2. The molecule has 1 aliphatic rings. The molecule has 0 aliphatic carbocycles. The Bertz CT molecular complexity index is 242. The summed E-state index contributed by atoms with van der Waals surface area (Å²) in [5, 5.41) is 0. The van der Waals surface area contributed by atoms with Crippen LogP contribution in [0.15, 0.2) is 22.3 Å². The first-order chi connectivity index (χ1) is 5.39. The van der Waals surface area contributed by atoms with Crippen molar-refractivity contribution >= 4 is 15.9 Å². The van der Waals surface area contributed by atoms with Gasteiger partial charge in [0.1, 0.15) is 0 Å². The van der Waals surface area contributed by atoms with Crippen LogP contribution in [0.3, 0.4) is 0 Å². The van der Waals surface area contributed by atoms with Crippen LogP contribution in [0, 0.1) is 0 Å². The standard InChI is InChI=1S/C7H7BrF3N/c1-12-3-5(7(9,10)11)2-6(8)4-12/h2-3H,4H2,1H3. The lowest BCUT2D eigenvalue weighted by molar-refractivity contribution is -0.0894. The molecule has 5 heteroatoms. The minimum atomic E-state index is -4.26. The summed E-state index contributed by atoms with van der Waals surface area (Å²) in [5.74, 6) is 0. The normalized spacial score (nSPS) is 18.9. The van der Waals surface area contributed by atoms with Crippen molar-refractivity contribution in [3.8, 4) is 0 Å². The fourth-order valence-electron chi connectivity index (χ4n) is 0.928. The zero-order chi connectivity index (χ0) is 9.35. The molecule has 0 amide bonds.